The first-order valence-electron chi connectivity index (χ1n) is 5.03. The molecular formula is C12H13ClIN. The molecular weight excluding hydrogens is 320 g/mol. The average Bonchev–Trinajstić information content (AvgIpc) is 2.51. The van der Waals surface area contributed by atoms with E-state index in [1.54, 1.807) is 0 Å². The summed E-state index contributed by atoms with van der Waals surface area (Å²) in [6, 6.07) is 8.53. The van der Waals surface area contributed by atoms with Gasteiger partial charge in [0.1, 0.15) is 0 Å². The number of rotatable bonds is 3. The fraction of sp³-hybridized carbons (Fsp3) is 0.333. The van der Waals surface area contributed by atoms with Crippen LogP contribution >= 0.6 is 34.2 Å². The molecule has 0 radical (unpaired) electrons. The second-order valence-corrected chi connectivity index (χ2v) is 5.09. The molecule has 80 valence electrons. The summed E-state index contributed by atoms with van der Waals surface area (Å²) < 4.78 is 3.65. The molecule has 1 aromatic carbocycles. The Kier molecular flexibility index (Phi) is 3.57. The smallest absolute Gasteiger partial charge is 0.0490 e. The van der Waals surface area contributed by atoms with Crippen LogP contribution in [-0.4, -0.2) is 10.4 Å². The molecule has 0 N–H and O–H groups in total. The molecule has 0 amide bonds. The summed E-state index contributed by atoms with van der Waals surface area (Å²) in [5, 5.41) is 1.35. The van der Waals surface area contributed by atoms with Crippen molar-refractivity contribution >= 4 is 45.1 Å². The summed E-state index contributed by atoms with van der Waals surface area (Å²) in [7, 11) is 2.13. The van der Waals surface area contributed by atoms with E-state index in [-0.39, 0.29) is 0 Å². The molecule has 0 unspecified atom stereocenters. The van der Waals surface area contributed by atoms with Crippen molar-refractivity contribution in [1.29, 1.82) is 0 Å². The predicted molar refractivity (Wildman–Crippen MR) is 74.7 cm³/mol. The minimum Gasteiger partial charge on any atom is -0.347 e. The summed E-state index contributed by atoms with van der Waals surface area (Å²) >= 11 is 8.18. The molecule has 1 aromatic heterocycles. The molecule has 1 heterocycles. The molecule has 0 aliphatic rings. The maximum Gasteiger partial charge on any atom is 0.0490 e. The van der Waals surface area contributed by atoms with E-state index < -0.39 is 0 Å². The minimum absolute atomic E-state index is 0.734. The second kappa shape index (κ2) is 4.74. The van der Waals surface area contributed by atoms with Crippen LogP contribution in [0.15, 0.2) is 24.3 Å². The van der Waals surface area contributed by atoms with Crippen LogP contribution in [0.2, 0.25) is 0 Å². The monoisotopic (exact) mass is 333 g/mol. The highest BCUT2D eigenvalue weighted by Crippen LogP contribution is 2.27. The number of hydrogen-bond donors (Lipinski definition) is 0. The third-order valence-corrected chi connectivity index (χ3v) is 4.18. The third kappa shape index (κ3) is 2.02. The lowest BCUT2D eigenvalue weighted by molar-refractivity contribution is 0.803. The molecule has 2 rings (SSSR count). The van der Waals surface area contributed by atoms with Crippen LogP contribution in [-0.2, 0) is 13.5 Å². The van der Waals surface area contributed by atoms with Crippen molar-refractivity contribution in [2.45, 2.75) is 12.8 Å². The van der Waals surface area contributed by atoms with Crippen LogP contribution in [0.25, 0.3) is 10.9 Å². The Morgan fingerprint density at radius 1 is 1.33 bits per heavy atom. The molecule has 0 spiro atoms. The topological polar surface area (TPSA) is 4.93 Å². The van der Waals surface area contributed by atoms with E-state index in [9.17, 15) is 0 Å². The number of aryl methyl sites for hydroxylation is 1. The largest absolute Gasteiger partial charge is 0.347 e. The fourth-order valence-electron chi connectivity index (χ4n) is 1.91. The Labute approximate surface area is 109 Å². The highest BCUT2D eigenvalue weighted by Gasteiger charge is 2.11. The normalized spacial score (nSPS) is 11.1. The summed E-state index contributed by atoms with van der Waals surface area (Å²) in [5.74, 6) is 0.734. The zero-order valence-corrected chi connectivity index (χ0v) is 11.5. The van der Waals surface area contributed by atoms with Gasteiger partial charge in [0.05, 0.1) is 0 Å². The highest BCUT2D eigenvalue weighted by molar-refractivity contribution is 14.1. The van der Waals surface area contributed by atoms with Crippen molar-refractivity contribution in [1.82, 2.24) is 4.57 Å². The molecule has 0 aliphatic heterocycles. The third-order valence-electron chi connectivity index (χ3n) is 2.71. The molecule has 1 nitrogen and oxygen atoms in total. The van der Waals surface area contributed by atoms with Gasteiger partial charge in [-0.15, -0.1) is 11.6 Å². The molecule has 0 atom stereocenters. The standard InChI is InChI=1S/C12H13ClIN/c1-15-10-6-3-2-5-9(10)12(14)11(15)7-4-8-13/h2-3,5-6H,4,7-8H2,1H3. The van der Waals surface area contributed by atoms with Gasteiger partial charge in [-0.1, -0.05) is 18.2 Å². The second-order valence-electron chi connectivity index (χ2n) is 3.63. The Morgan fingerprint density at radius 2 is 2.07 bits per heavy atom. The Bertz CT molecular complexity index is 437. The number of halogens is 2. The average molecular weight is 334 g/mol. The molecule has 2 aromatic rings. The zero-order chi connectivity index (χ0) is 10.8. The molecule has 0 bridgehead atoms. The Morgan fingerprint density at radius 3 is 2.73 bits per heavy atom. The lowest BCUT2D eigenvalue weighted by atomic mass is 10.2. The number of para-hydroxylation sites is 1. The van der Waals surface area contributed by atoms with Crippen molar-refractivity contribution in [2.75, 3.05) is 5.88 Å². The van der Waals surface area contributed by atoms with E-state index in [1.807, 2.05) is 0 Å². The van der Waals surface area contributed by atoms with E-state index >= 15 is 0 Å². The van der Waals surface area contributed by atoms with Gasteiger partial charge in [0, 0.05) is 33.1 Å². The van der Waals surface area contributed by atoms with Crippen LogP contribution in [0.3, 0.4) is 0 Å². The van der Waals surface area contributed by atoms with E-state index in [1.165, 1.54) is 20.2 Å². The number of nitrogens with zero attached hydrogens (tertiary/aromatic N) is 1. The summed E-state index contributed by atoms with van der Waals surface area (Å²) in [4.78, 5) is 0. The van der Waals surface area contributed by atoms with E-state index in [4.69, 9.17) is 11.6 Å². The number of hydrogen-bond acceptors (Lipinski definition) is 0. The van der Waals surface area contributed by atoms with Gasteiger partial charge in [0.15, 0.2) is 0 Å². The van der Waals surface area contributed by atoms with E-state index in [0.717, 1.165) is 18.7 Å². The predicted octanol–water partition coefficient (Wildman–Crippen LogP) is 3.95. The fourth-order valence-corrected chi connectivity index (χ4v) is 3.13. The van der Waals surface area contributed by atoms with Crippen LogP contribution in [0.4, 0.5) is 0 Å². The molecule has 0 saturated heterocycles. The van der Waals surface area contributed by atoms with E-state index in [0.29, 0.717) is 0 Å². The van der Waals surface area contributed by atoms with E-state index in [2.05, 4.69) is 58.5 Å². The first-order valence-corrected chi connectivity index (χ1v) is 6.64. The van der Waals surface area contributed by atoms with Gasteiger partial charge in [0.2, 0.25) is 0 Å². The van der Waals surface area contributed by atoms with Gasteiger partial charge in [-0.3, -0.25) is 0 Å². The maximum atomic E-state index is 5.74. The summed E-state index contributed by atoms with van der Waals surface area (Å²) in [6.45, 7) is 0. The van der Waals surface area contributed by atoms with Crippen molar-refractivity contribution < 1.29 is 0 Å². The molecule has 0 saturated carbocycles. The molecule has 3 heteroatoms. The van der Waals surface area contributed by atoms with Gasteiger partial charge in [-0.25, -0.2) is 0 Å². The zero-order valence-electron chi connectivity index (χ0n) is 8.63. The number of aromatic nitrogens is 1. The van der Waals surface area contributed by atoms with Crippen molar-refractivity contribution in [3.63, 3.8) is 0 Å². The van der Waals surface area contributed by atoms with Crippen molar-refractivity contribution in [2.24, 2.45) is 7.05 Å². The molecule has 15 heavy (non-hydrogen) atoms. The van der Waals surface area contributed by atoms with Crippen LogP contribution in [0, 0.1) is 3.57 Å². The lowest BCUT2D eigenvalue weighted by Gasteiger charge is -2.03. The van der Waals surface area contributed by atoms with Crippen LogP contribution in [0.5, 0.6) is 0 Å². The first kappa shape index (κ1) is 11.3. The summed E-state index contributed by atoms with van der Waals surface area (Å²) in [5.41, 5.74) is 2.71. The van der Waals surface area contributed by atoms with Crippen LogP contribution in [0.1, 0.15) is 12.1 Å². The van der Waals surface area contributed by atoms with Gasteiger partial charge < -0.3 is 4.57 Å². The molecule has 0 fully saturated rings. The summed E-state index contributed by atoms with van der Waals surface area (Å²) in [6.07, 6.45) is 2.11. The number of benzene rings is 1. The van der Waals surface area contributed by atoms with Gasteiger partial charge in [0.25, 0.3) is 0 Å². The number of fused-ring (bicyclic) bond motifs is 1. The van der Waals surface area contributed by atoms with Gasteiger partial charge in [-0.05, 0) is 41.5 Å². The van der Waals surface area contributed by atoms with Gasteiger partial charge >= 0.3 is 0 Å². The SMILES string of the molecule is Cn1c(CCCCl)c(I)c2ccccc21. The first-order chi connectivity index (χ1) is 7.25. The molecule has 0 aliphatic carbocycles. The van der Waals surface area contributed by atoms with Crippen molar-refractivity contribution in [3.05, 3.63) is 33.5 Å². The number of alkyl halides is 1. The van der Waals surface area contributed by atoms with Crippen LogP contribution < -0.4 is 0 Å². The minimum atomic E-state index is 0.734. The Balaban J connectivity index is 2.54. The maximum absolute atomic E-state index is 5.74. The van der Waals surface area contributed by atoms with Gasteiger partial charge in [-0.2, -0.15) is 0 Å². The lowest BCUT2D eigenvalue weighted by Crippen LogP contribution is -1.98. The van der Waals surface area contributed by atoms with Crippen molar-refractivity contribution in [3.8, 4) is 0 Å². The quantitative estimate of drug-likeness (QED) is 0.592. The highest BCUT2D eigenvalue weighted by atomic mass is 127. The Hall–Kier alpha value is -0.220.